The fourth-order valence-corrected chi connectivity index (χ4v) is 2.68. The first-order chi connectivity index (χ1) is 9.43. The van der Waals surface area contributed by atoms with Crippen LogP contribution >= 0.6 is 12.4 Å². The van der Waals surface area contributed by atoms with E-state index in [0.29, 0.717) is 6.04 Å². The van der Waals surface area contributed by atoms with Crippen LogP contribution in [0.15, 0.2) is 48.8 Å². The van der Waals surface area contributed by atoms with Crippen LogP contribution < -0.4 is 5.32 Å². The number of rotatable bonds is 4. The largest absolute Gasteiger partial charge is 0.314 e. The molecule has 1 aromatic carbocycles. The molecule has 0 saturated carbocycles. The standard InChI is InChI=1S/C15H20N4.ClH/c1-2-5-14(6-3-1)15-13-16-8-10-18(15)11-12-19-9-4-7-17-19;/h1-7,9,15-16H,8,10-13H2;1H. The van der Waals surface area contributed by atoms with Crippen molar-refractivity contribution in [2.45, 2.75) is 12.6 Å². The van der Waals surface area contributed by atoms with Crippen molar-refractivity contribution >= 4 is 12.4 Å². The van der Waals surface area contributed by atoms with Gasteiger partial charge in [-0.25, -0.2) is 0 Å². The van der Waals surface area contributed by atoms with Gasteiger partial charge < -0.3 is 5.32 Å². The molecule has 0 amide bonds. The topological polar surface area (TPSA) is 33.1 Å². The van der Waals surface area contributed by atoms with Crippen LogP contribution in [0, 0.1) is 0 Å². The van der Waals surface area contributed by atoms with E-state index in [1.165, 1.54) is 5.56 Å². The van der Waals surface area contributed by atoms with E-state index in [1.807, 2.05) is 23.1 Å². The molecule has 1 aliphatic heterocycles. The van der Waals surface area contributed by atoms with Crippen LogP contribution in [0.2, 0.25) is 0 Å². The van der Waals surface area contributed by atoms with Gasteiger partial charge in [0.15, 0.2) is 0 Å². The van der Waals surface area contributed by atoms with E-state index in [0.717, 1.165) is 32.7 Å². The molecular weight excluding hydrogens is 272 g/mol. The molecule has 4 nitrogen and oxygen atoms in total. The highest BCUT2D eigenvalue weighted by atomic mass is 35.5. The molecule has 2 aromatic rings. The number of piperazine rings is 1. The Labute approximate surface area is 126 Å². The lowest BCUT2D eigenvalue weighted by Crippen LogP contribution is -2.47. The summed E-state index contributed by atoms with van der Waals surface area (Å²) in [5.74, 6) is 0. The molecule has 0 spiro atoms. The minimum absolute atomic E-state index is 0. The van der Waals surface area contributed by atoms with E-state index in [1.54, 1.807) is 0 Å². The minimum Gasteiger partial charge on any atom is -0.314 e. The van der Waals surface area contributed by atoms with Gasteiger partial charge >= 0.3 is 0 Å². The molecule has 108 valence electrons. The van der Waals surface area contributed by atoms with Crippen molar-refractivity contribution in [2.24, 2.45) is 0 Å². The lowest BCUT2D eigenvalue weighted by Gasteiger charge is -2.36. The van der Waals surface area contributed by atoms with Crippen LogP contribution in [0.4, 0.5) is 0 Å². The van der Waals surface area contributed by atoms with Gasteiger partial charge in [-0.1, -0.05) is 30.3 Å². The number of hydrogen-bond donors (Lipinski definition) is 1. The quantitative estimate of drug-likeness (QED) is 0.935. The zero-order valence-corrected chi connectivity index (χ0v) is 12.3. The van der Waals surface area contributed by atoms with Crippen LogP contribution in [-0.2, 0) is 6.54 Å². The third-order valence-corrected chi connectivity index (χ3v) is 3.71. The van der Waals surface area contributed by atoms with E-state index < -0.39 is 0 Å². The summed E-state index contributed by atoms with van der Waals surface area (Å²) in [4.78, 5) is 2.55. The summed E-state index contributed by atoms with van der Waals surface area (Å²) in [6.45, 7) is 5.20. The van der Waals surface area contributed by atoms with Gasteiger partial charge in [0.05, 0.1) is 6.54 Å². The zero-order valence-electron chi connectivity index (χ0n) is 11.5. The molecule has 5 heteroatoms. The number of nitrogens with one attached hydrogen (secondary N) is 1. The van der Waals surface area contributed by atoms with Gasteiger partial charge in [-0.15, -0.1) is 12.4 Å². The van der Waals surface area contributed by atoms with Crippen molar-refractivity contribution in [3.8, 4) is 0 Å². The van der Waals surface area contributed by atoms with Crippen LogP contribution in [-0.4, -0.2) is 40.9 Å². The Morgan fingerprint density at radius 3 is 2.75 bits per heavy atom. The Balaban J connectivity index is 0.00000147. The predicted molar refractivity (Wildman–Crippen MR) is 83.1 cm³/mol. The van der Waals surface area contributed by atoms with Crippen molar-refractivity contribution in [1.82, 2.24) is 20.0 Å². The van der Waals surface area contributed by atoms with Crippen LogP contribution in [0.3, 0.4) is 0 Å². The summed E-state index contributed by atoms with van der Waals surface area (Å²) < 4.78 is 2.00. The Bertz CT molecular complexity index is 486. The van der Waals surface area contributed by atoms with E-state index in [4.69, 9.17) is 0 Å². The molecule has 0 bridgehead atoms. The van der Waals surface area contributed by atoms with E-state index in [2.05, 4.69) is 45.6 Å². The van der Waals surface area contributed by atoms with E-state index in [9.17, 15) is 0 Å². The fourth-order valence-electron chi connectivity index (χ4n) is 2.68. The molecule has 2 heterocycles. The summed E-state index contributed by atoms with van der Waals surface area (Å²) in [7, 11) is 0. The number of hydrogen-bond acceptors (Lipinski definition) is 3. The molecule has 20 heavy (non-hydrogen) atoms. The fraction of sp³-hybridized carbons (Fsp3) is 0.400. The van der Waals surface area contributed by atoms with Crippen LogP contribution in [0.25, 0.3) is 0 Å². The maximum absolute atomic E-state index is 4.27. The molecule has 1 saturated heterocycles. The van der Waals surface area contributed by atoms with Gasteiger partial charge in [0, 0.05) is 44.6 Å². The van der Waals surface area contributed by atoms with Gasteiger partial charge in [-0.2, -0.15) is 5.10 Å². The van der Waals surface area contributed by atoms with Crippen molar-refractivity contribution < 1.29 is 0 Å². The molecule has 1 atom stereocenters. The van der Waals surface area contributed by atoms with Gasteiger partial charge in [0.1, 0.15) is 0 Å². The third-order valence-electron chi connectivity index (χ3n) is 3.71. The Morgan fingerprint density at radius 1 is 1.15 bits per heavy atom. The normalized spacial score (nSPS) is 19.5. The van der Waals surface area contributed by atoms with E-state index in [-0.39, 0.29) is 12.4 Å². The lowest BCUT2D eigenvalue weighted by molar-refractivity contribution is 0.154. The van der Waals surface area contributed by atoms with Crippen molar-refractivity contribution in [2.75, 3.05) is 26.2 Å². The third kappa shape index (κ3) is 3.60. The molecule has 0 radical (unpaired) electrons. The van der Waals surface area contributed by atoms with Gasteiger partial charge in [0.25, 0.3) is 0 Å². The Morgan fingerprint density at radius 2 is 2.00 bits per heavy atom. The summed E-state index contributed by atoms with van der Waals surface area (Å²) in [5, 5.41) is 7.77. The molecule has 1 aliphatic rings. The second-order valence-corrected chi connectivity index (χ2v) is 4.94. The molecule has 1 N–H and O–H groups in total. The highest BCUT2D eigenvalue weighted by molar-refractivity contribution is 5.85. The minimum atomic E-state index is 0. The summed E-state index contributed by atoms with van der Waals surface area (Å²) in [6.07, 6.45) is 3.87. The smallest absolute Gasteiger partial charge is 0.0536 e. The molecule has 3 rings (SSSR count). The average molecular weight is 293 g/mol. The van der Waals surface area contributed by atoms with Crippen LogP contribution in [0.1, 0.15) is 11.6 Å². The van der Waals surface area contributed by atoms with Crippen molar-refractivity contribution in [3.63, 3.8) is 0 Å². The molecule has 1 fully saturated rings. The summed E-state index contributed by atoms with van der Waals surface area (Å²) in [6, 6.07) is 13.2. The number of nitrogens with zero attached hydrogens (tertiary/aromatic N) is 3. The second kappa shape index (κ2) is 7.43. The monoisotopic (exact) mass is 292 g/mol. The summed E-state index contributed by atoms with van der Waals surface area (Å²) >= 11 is 0. The molecule has 0 aliphatic carbocycles. The van der Waals surface area contributed by atoms with Crippen LogP contribution in [0.5, 0.6) is 0 Å². The maximum atomic E-state index is 4.27. The van der Waals surface area contributed by atoms with Gasteiger partial charge in [-0.05, 0) is 11.6 Å². The predicted octanol–water partition coefficient (Wildman–Crippen LogP) is 1.95. The summed E-state index contributed by atoms with van der Waals surface area (Å²) in [5.41, 5.74) is 1.40. The average Bonchev–Trinajstić information content (AvgIpc) is 3.00. The zero-order chi connectivity index (χ0) is 12.9. The maximum Gasteiger partial charge on any atom is 0.0536 e. The Kier molecular flexibility index (Phi) is 5.59. The molecule has 1 aromatic heterocycles. The van der Waals surface area contributed by atoms with Crippen molar-refractivity contribution in [3.05, 3.63) is 54.4 Å². The lowest BCUT2D eigenvalue weighted by atomic mass is 10.0. The number of benzene rings is 1. The Hall–Kier alpha value is -1.36. The molecule has 1 unspecified atom stereocenters. The highest BCUT2D eigenvalue weighted by Crippen LogP contribution is 2.21. The first kappa shape index (κ1) is 15.0. The first-order valence-corrected chi connectivity index (χ1v) is 6.90. The molecular formula is C15H21ClN4. The highest BCUT2D eigenvalue weighted by Gasteiger charge is 2.22. The number of aromatic nitrogens is 2. The van der Waals surface area contributed by atoms with E-state index >= 15 is 0 Å². The first-order valence-electron chi connectivity index (χ1n) is 6.90. The number of halogens is 1. The van der Waals surface area contributed by atoms with Gasteiger partial charge in [-0.3, -0.25) is 9.58 Å². The second-order valence-electron chi connectivity index (χ2n) is 4.94. The van der Waals surface area contributed by atoms with Crippen molar-refractivity contribution in [1.29, 1.82) is 0 Å². The SMILES string of the molecule is Cl.c1ccc(C2CNCCN2CCn2cccn2)cc1. The van der Waals surface area contributed by atoms with Gasteiger partial charge in [0.2, 0.25) is 0 Å².